The lowest BCUT2D eigenvalue weighted by molar-refractivity contribution is 0.0930. The highest BCUT2D eigenvalue weighted by Gasteiger charge is 2.34. The lowest BCUT2D eigenvalue weighted by Crippen LogP contribution is -2.34. The number of carbonyl (C=O) groups is 1. The van der Waals surface area contributed by atoms with E-state index in [1.807, 2.05) is 12.1 Å². The molecule has 3 rings (SSSR count). The Morgan fingerprint density at radius 2 is 1.91 bits per heavy atom. The van der Waals surface area contributed by atoms with E-state index in [1.165, 1.54) is 0 Å². The first kappa shape index (κ1) is 14.6. The van der Waals surface area contributed by atoms with Crippen molar-refractivity contribution < 1.29 is 4.79 Å². The first-order valence-corrected chi connectivity index (χ1v) is 7.62. The van der Waals surface area contributed by atoms with E-state index in [9.17, 15) is 9.59 Å². The van der Waals surface area contributed by atoms with Gasteiger partial charge >= 0.3 is 0 Å². The Labute approximate surface area is 129 Å². The monoisotopic (exact) mass is 296 g/mol. The quantitative estimate of drug-likeness (QED) is 0.911. The third-order valence-electron chi connectivity index (χ3n) is 4.20. The van der Waals surface area contributed by atoms with Crippen molar-refractivity contribution in [2.75, 3.05) is 0 Å². The van der Waals surface area contributed by atoms with Gasteiger partial charge in [0.05, 0.1) is 6.04 Å². The number of carbonyl (C=O) groups excluding carboxylic acids is 1. The third kappa shape index (κ3) is 2.96. The lowest BCUT2D eigenvalue weighted by Gasteiger charge is -2.20. The predicted octanol–water partition coefficient (Wildman–Crippen LogP) is 2.87. The fourth-order valence-corrected chi connectivity index (χ4v) is 2.78. The van der Waals surface area contributed by atoms with Gasteiger partial charge in [0, 0.05) is 5.69 Å². The Morgan fingerprint density at radius 1 is 1.18 bits per heavy atom. The van der Waals surface area contributed by atoms with E-state index < -0.39 is 0 Å². The van der Waals surface area contributed by atoms with E-state index >= 15 is 0 Å². The van der Waals surface area contributed by atoms with Crippen LogP contribution in [0, 0.1) is 19.8 Å². The van der Waals surface area contributed by atoms with Crippen molar-refractivity contribution >= 4 is 5.91 Å². The van der Waals surface area contributed by atoms with Crippen LogP contribution in [0.25, 0.3) is 0 Å². The fraction of sp³-hybridized carbons (Fsp3) is 0.333. The molecule has 2 aromatic rings. The third-order valence-corrected chi connectivity index (χ3v) is 4.20. The summed E-state index contributed by atoms with van der Waals surface area (Å²) in [6, 6.07) is 11.4. The average molecular weight is 296 g/mol. The number of hydrogen-bond acceptors (Lipinski definition) is 2. The molecule has 4 nitrogen and oxygen atoms in total. The zero-order valence-electron chi connectivity index (χ0n) is 12.8. The van der Waals surface area contributed by atoms with Crippen molar-refractivity contribution in [3.8, 4) is 0 Å². The Kier molecular flexibility index (Phi) is 3.84. The second kappa shape index (κ2) is 5.79. The zero-order chi connectivity index (χ0) is 15.7. The average Bonchev–Trinajstić information content (AvgIpc) is 3.30. The van der Waals surface area contributed by atoms with Crippen LogP contribution in [0.3, 0.4) is 0 Å². The van der Waals surface area contributed by atoms with Crippen molar-refractivity contribution in [1.82, 2.24) is 10.3 Å². The van der Waals surface area contributed by atoms with Gasteiger partial charge in [0.15, 0.2) is 0 Å². The molecule has 4 heteroatoms. The van der Waals surface area contributed by atoms with Crippen LogP contribution in [-0.2, 0) is 0 Å². The minimum atomic E-state index is -0.336. The van der Waals surface area contributed by atoms with Gasteiger partial charge in [-0.05, 0) is 55.9 Å². The van der Waals surface area contributed by atoms with E-state index in [0.717, 1.165) is 29.7 Å². The molecule has 1 aliphatic carbocycles. The van der Waals surface area contributed by atoms with E-state index in [4.69, 9.17) is 0 Å². The molecule has 0 unspecified atom stereocenters. The smallest absolute Gasteiger partial charge is 0.260 e. The number of aromatic nitrogens is 1. The van der Waals surface area contributed by atoms with Crippen LogP contribution >= 0.6 is 0 Å². The molecule has 0 radical (unpaired) electrons. The molecule has 1 aromatic heterocycles. The molecule has 1 saturated carbocycles. The minimum Gasteiger partial charge on any atom is -0.345 e. The van der Waals surface area contributed by atoms with E-state index in [0.29, 0.717) is 5.92 Å². The summed E-state index contributed by atoms with van der Waals surface area (Å²) in [5, 5.41) is 3.05. The van der Waals surface area contributed by atoms with Gasteiger partial charge in [-0.2, -0.15) is 0 Å². The van der Waals surface area contributed by atoms with Crippen LogP contribution in [0.5, 0.6) is 0 Å². The molecule has 22 heavy (non-hydrogen) atoms. The molecule has 0 saturated heterocycles. The second-order valence-corrected chi connectivity index (χ2v) is 6.03. The van der Waals surface area contributed by atoms with Crippen molar-refractivity contribution in [2.45, 2.75) is 32.7 Å². The SMILES string of the molecule is Cc1ccc(C(=O)N[C@H](c2ccccc2C)C2CC2)c(=O)[nH]1. The molecule has 2 N–H and O–H groups in total. The van der Waals surface area contributed by atoms with Gasteiger partial charge in [-0.1, -0.05) is 24.3 Å². The minimum absolute atomic E-state index is 0.0191. The molecule has 1 fully saturated rings. The van der Waals surface area contributed by atoms with E-state index in [2.05, 4.69) is 29.4 Å². The van der Waals surface area contributed by atoms with Crippen molar-refractivity contribution in [3.63, 3.8) is 0 Å². The number of amides is 1. The van der Waals surface area contributed by atoms with E-state index in [-0.39, 0.29) is 23.1 Å². The zero-order valence-corrected chi connectivity index (χ0v) is 12.8. The lowest BCUT2D eigenvalue weighted by atomic mass is 9.97. The van der Waals surface area contributed by atoms with Crippen LogP contribution in [0.15, 0.2) is 41.2 Å². The van der Waals surface area contributed by atoms with Gasteiger partial charge < -0.3 is 10.3 Å². The molecule has 0 bridgehead atoms. The molecule has 1 heterocycles. The normalized spacial score (nSPS) is 15.4. The molecule has 1 aliphatic rings. The number of nitrogens with one attached hydrogen (secondary N) is 2. The number of hydrogen-bond donors (Lipinski definition) is 2. The summed E-state index contributed by atoms with van der Waals surface area (Å²) in [5.41, 5.74) is 2.89. The summed E-state index contributed by atoms with van der Waals surface area (Å²) in [6.07, 6.45) is 2.23. The number of aryl methyl sites for hydroxylation is 2. The van der Waals surface area contributed by atoms with E-state index in [1.54, 1.807) is 19.1 Å². The molecule has 1 amide bonds. The van der Waals surface area contributed by atoms with Gasteiger partial charge in [0.2, 0.25) is 0 Å². The van der Waals surface area contributed by atoms with Crippen LogP contribution in [0.4, 0.5) is 0 Å². The van der Waals surface area contributed by atoms with Gasteiger partial charge in [-0.3, -0.25) is 9.59 Å². The first-order valence-electron chi connectivity index (χ1n) is 7.62. The number of benzene rings is 1. The largest absolute Gasteiger partial charge is 0.345 e. The first-order chi connectivity index (χ1) is 10.6. The summed E-state index contributed by atoms with van der Waals surface area (Å²) in [7, 11) is 0. The number of H-pyrrole nitrogens is 1. The molecule has 114 valence electrons. The van der Waals surface area contributed by atoms with Gasteiger partial charge in [-0.15, -0.1) is 0 Å². The molecular formula is C18H20N2O2. The molecular weight excluding hydrogens is 276 g/mol. The Hall–Kier alpha value is -2.36. The maximum atomic E-state index is 12.5. The molecule has 0 aliphatic heterocycles. The molecule has 1 aromatic carbocycles. The van der Waals surface area contributed by atoms with Gasteiger partial charge in [0.1, 0.15) is 5.56 Å². The predicted molar refractivity (Wildman–Crippen MR) is 85.9 cm³/mol. The Balaban J connectivity index is 1.87. The maximum absolute atomic E-state index is 12.5. The van der Waals surface area contributed by atoms with Gasteiger partial charge in [-0.25, -0.2) is 0 Å². The topological polar surface area (TPSA) is 62.0 Å². The highest BCUT2D eigenvalue weighted by molar-refractivity contribution is 5.94. The van der Waals surface area contributed by atoms with Crippen molar-refractivity contribution in [2.24, 2.45) is 5.92 Å². The summed E-state index contributed by atoms with van der Waals surface area (Å²) >= 11 is 0. The Morgan fingerprint density at radius 3 is 2.55 bits per heavy atom. The number of aromatic amines is 1. The summed E-state index contributed by atoms with van der Waals surface area (Å²) < 4.78 is 0. The summed E-state index contributed by atoms with van der Waals surface area (Å²) in [5.74, 6) is 0.163. The van der Waals surface area contributed by atoms with Crippen molar-refractivity contribution in [3.05, 3.63) is 69.1 Å². The molecule has 1 atom stereocenters. The van der Waals surface area contributed by atoms with Gasteiger partial charge in [0.25, 0.3) is 11.5 Å². The van der Waals surface area contributed by atoms with Crippen molar-refractivity contribution in [1.29, 1.82) is 0 Å². The highest BCUT2D eigenvalue weighted by atomic mass is 16.2. The summed E-state index contributed by atoms with van der Waals surface area (Å²) in [4.78, 5) is 27.1. The standard InChI is InChI=1S/C18H20N2O2/c1-11-5-3-4-6-14(11)16(13-8-9-13)20-18(22)15-10-7-12(2)19-17(15)21/h3-7,10,13,16H,8-9H2,1-2H3,(H,19,21)(H,20,22)/t16-/m0/s1. The maximum Gasteiger partial charge on any atom is 0.260 e. The van der Waals surface area contributed by atoms with Crippen LogP contribution in [0.1, 0.15) is 46.1 Å². The second-order valence-electron chi connectivity index (χ2n) is 6.03. The number of pyridine rings is 1. The highest BCUT2D eigenvalue weighted by Crippen LogP contribution is 2.41. The molecule has 0 spiro atoms. The van der Waals surface area contributed by atoms with Crippen LogP contribution in [0.2, 0.25) is 0 Å². The van der Waals surface area contributed by atoms with Crippen LogP contribution in [-0.4, -0.2) is 10.9 Å². The Bertz CT molecular complexity index is 760. The fourth-order valence-electron chi connectivity index (χ4n) is 2.78. The van der Waals surface area contributed by atoms with Crippen LogP contribution < -0.4 is 10.9 Å². The summed E-state index contributed by atoms with van der Waals surface area (Å²) in [6.45, 7) is 3.85. The number of rotatable bonds is 4.